The Labute approximate surface area is 104 Å². The molecule has 0 aromatic carbocycles. The highest BCUT2D eigenvalue weighted by Crippen LogP contribution is 2.35. The molecule has 0 aliphatic carbocycles. The summed E-state index contributed by atoms with van der Waals surface area (Å²) < 4.78 is 0. The van der Waals surface area contributed by atoms with Gasteiger partial charge in [-0.05, 0) is 38.6 Å². The van der Waals surface area contributed by atoms with Crippen molar-refractivity contribution >= 4 is 5.91 Å². The predicted molar refractivity (Wildman–Crippen MR) is 68.6 cm³/mol. The number of hydrogen-bond acceptors (Lipinski definition) is 3. The lowest BCUT2D eigenvalue weighted by Gasteiger charge is -2.39. The number of nitrogens with zero attached hydrogens (tertiary/aromatic N) is 1. The zero-order chi connectivity index (χ0) is 12.3. The molecule has 2 rings (SSSR count). The SMILES string of the molecule is CCCNC1CC2CCC(C1)N2CCC(N)=O. The summed E-state index contributed by atoms with van der Waals surface area (Å²) in [7, 11) is 0. The van der Waals surface area contributed by atoms with E-state index in [1.807, 2.05) is 0 Å². The smallest absolute Gasteiger partial charge is 0.218 e. The first kappa shape index (κ1) is 12.8. The Balaban J connectivity index is 1.82. The summed E-state index contributed by atoms with van der Waals surface area (Å²) in [5.41, 5.74) is 5.24. The van der Waals surface area contributed by atoms with Gasteiger partial charge in [0.05, 0.1) is 0 Å². The molecule has 2 fully saturated rings. The van der Waals surface area contributed by atoms with Crippen LogP contribution in [0, 0.1) is 0 Å². The summed E-state index contributed by atoms with van der Waals surface area (Å²) in [6.07, 6.45) is 6.81. The van der Waals surface area contributed by atoms with Crippen molar-refractivity contribution < 1.29 is 4.79 Å². The lowest BCUT2D eigenvalue weighted by molar-refractivity contribution is -0.118. The van der Waals surface area contributed by atoms with Crippen LogP contribution in [0.2, 0.25) is 0 Å². The average molecular weight is 239 g/mol. The van der Waals surface area contributed by atoms with Gasteiger partial charge in [-0.15, -0.1) is 0 Å². The lowest BCUT2D eigenvalue weighted by atomic mass is 9.97. The highest BCUT2D eigenvalue weighted by Gasteiger charge is 2.39. The predicted octanol–water partition coefficient (Wildman–Crippen LogP) is 0.857. The molecule has 2 atom stereocenters. The van der Waals surface area contributed by atoms with E-state index >= 15 is 0 Å². The van der Waals surface area contributed by atoms with Gasteiger partial charge in [-0.3, -0.25) is 9.69 Å². The van der Waals surface area contributed by atoms with Crippen LogP contribution in [-0.4, -0.2) is 42.0 Å². The van der Waals surface area contributed by atoms with Gasteiger partial charge in [-0.2, -0.15) is 0 Å². The second-order valence-corrected chi connectivity index (χ2v) is 5.46. The van der Waals surface area contributed by atoms with Gasteiger partial charge in [0.15, 0.2) is 0 Å². The summed E-state index contributed by atoms with van der Waals surface area (Å²) in [6.45, 7) is 4.21. The average Bonchev–Trinajstić information content (AvgIpc) is 2.54. The van der Waals surface area contributed by atoms with Crippen molar-refractivity contribution in [2.24, 2.45) is 5.73 Å². The molecule has 2 heterocycles. The monoisotopic (exact) mass is 239 g/mol. The van der Waals surface area contributed by atoms with Gasteiger partial charge in [0.2, 0.25) is 5.91 Å². The number of carbonyl (C=O) groups excluding carboxylic acids is 1. The molecular weight excluding hydrogens is 214 g/mol. The minimum Gasteiger partial charge on any atom is -0.370 e. The number of rotatable bonds is 6. The molecule has 2 unspecified atom stereocenters. The van der Waals surface area contributed by atoms with E-state index in [-0.39, 0.29) is 5.91 Å². The maximum absolute atomic E-state index is 10.9. The van der Waals surface area contributed by atoms with Crippen LogP contribution in [0.15, 0.2) is 0 Å². The molecule has 17 heavy (non-hydrogen) atoms. The van der Waals surface area contributed by atoms with Gasteiger partial charge in [0.1, 0.15) is 0 Å². The number of piperidine rings is 1. The molecular formula is C13H25N3O. The molecule has 0 spiro atoms. The van der Waals surface area contributed by atoms with Crippen LogP contribution in [0.3, 0.4) is 0 Å². The minimum atomic E-state index is -0.171. The van der Waals surface area contributed by atoms with E-state index in [1.165, 1.54) is 32.1 Å². The summed E-state index contributed by atoms with van der Waals surface area (Å²) in [5.74, 6) is -0.171. The molecule has 98 valence electrons. The third-order valence-electron chi connectivity index (χ3n) is 4.18. The van der Waals surface area contributed by atoms with Gasteiger partial charge in [0.25, 0.3) is 0 Å². The maximum atomic E-state index is 10.9. The molecule has 2 aliphatic heterocycles. The Bertz CT molecular complexity index is 255. The normalized spacial score (nSPS) is 32.9. The van der Waals surface area contributed by atoms with E-state index in [9.17, 15) is 4.79 Å². The van der Waals surface area contributed by atoms with Gasteiger partial charge in [0, 0.05) is 31.1 Å². The third-order valence-corrected chi connectivity index (χ3v) is 4.18. The second-order valence-electron chi connectivity index (χ2n) is 5.46. The number of hydrogen-bond donors (Lipinski definition) is 2. The fourth-order valence-corrected chi connectivity index (χ4v) is 3.39. The van der Waals surface area contributed by atoms with Crippen molar-refractivity contribution in [1.82, 2.24) is 10.2 Å². The van der Waals surface area contributed by atoms with Crippen molar-refractivity contribution in [3.63, 3.8) is 0 Å². The lowest BCUT2D eigenvalue weighted by Crippen LogP contribution is -2.49. The number of nitrogens with one attached hydrogen (secondary N) is 1. The summed E-state index contributed by atoms with van der Waals surface area (Å²) in [6, 6.07) is 2.06. The topological polar surface area (TPSA) is 58.4 Å². The molecule has 1 amide bonds. The number of fused-ring (bicyclic) bond motifs is 2. The molecule has 4 nitrogen and oxygen atoms in total. The Morgan fingerprint density at radius 2 is 2.00 bits per heavy atom. The van der Waals surface area contributed by atoms with Gasteiger partial charge in [-0.1, -0.05) is 6.92 Å². The van der Waals surface area contributed by atoms with Crippen LogP contribution in [-0.2, 0) is 4.79 Å². The van der Waals surface area contributed by atoms with Gasteiger partial charge in [-0.25, -0.2) is 0 Å². The van der Waals surface area contributed by atoms with Crippen molar-refractivity contribution in [2.75, 3.05) is 13.1 Å². The first-order chi connectivity index (χ1) is 8.20. The summed E-state index contributed by atoms with van der Waals surface area (Å²) >= 11 is 0. The molecule has 4 heteroatoms. The van der Waals surface area contributed by atoms with E-state index in [0.29, 0.717) is 24.5 Å². The molecule has 0 saturated carbocycles. The van der Waals surface area contributed by atoms with Crippen molar-refractivity contribution in [3.05, 3.63) is 0 Å². The van der Waals surface area contributed by atoms with Crippen LogP contribution < -0.4 is 11.1 Å². The Morgan fingerprint density at radius 1 is 1.35 bits per heavy atom. The van der Waals surface area contributed by atoms with Gasteiger partial charge < -0.3 is 11.1 Å². The molecule has 0 aromatic rings. The fourth-order valence-electron chi connectivity index (χ4n) is 3.39. The Morgan fingerprint density at radius 3 is 2.53 bits per heavy atom. The van der Waals surface area contributed by atoms with Gasteiger partial charge >= 0.3 is 0 Å². The highest BCUT2D eigenvalue weighted by molar-refractivity contribution is 5.73. The van der Waals surface area contributed by atoms with Crippen molar-refractivity contribution in [3.8, 4) is 0 Å². The van der Waals surface area contributed by atoms with Crippen LogP contribution in [0.5, 0.6) is 0 Å². The molecule has 0 radical (unpaired) electrons. The number of nitrogens with two attached hydrogens (primary N) is 1. The van der Waals surface area contributed by atoms with E-state index in [1.54, 1.807) is 0 Å². The van der Waals surface area contributed by atoms with Crippen LogP contribution >= 0.6 is 0 Å². The minimum absolute atomic E-state index is 0.171. The van der Waals surface area contributed by atoms with Crippen LogP contribution in [0.4, 0.5) is 0 Å². The van der Waals surface area contributed by atoms with E-state index < -0.39 is 0 Å². The molecule has 2 bridgehead atoms. The summed E-state index contributed by atoms with van der Waals surface area (Å²) in [5, 5.41) is 3.64. The van der Waals surface area contributed by atoms with Crippen LogP contribution in [0.25, 0.3) is 0 Å². The van der Waals surface area contributed by atoms with E-state index in [4.69, 9.17) is 5.73 Å². The maximum Gasteiger partial charge on any atom is 0.218 e. The number of primary amides is 1. The van der Waals surface area contributed by atoms with Crippen molar-refractivity contribution in [1.29, 1.82) is 0 Å². The zero-order valence-electron chi connectivity index (χ0n) is 10.8. The Hall–Kier alpha value is -0.610. The first-order valence-electron chi connectivity index (χ1n) is 6.98. The number of carbonyl (C=O) groups is 1. The molecule has 3 N–H and O–H groups in total. The van der Waals surface area contributed by atoms with E-state index in [0.717, 1.165) is 13.1 Å². The zero-order valence-corrected chi connectivity index (χ0v) is 10.8. The first-order valence-corrected chi connectivity index (χ1v) is 6.98. The van der Waals surface area contributed by atoms with Crippen molar-refractivity contribution in [2.45, 2.75) is 63.6 Å². The van der Waals surface area contributed by atoms with Crippen LogP contribution in [0.1, 0.15) is 45.4 Å². The fraction of sp³-hybridized carbons (Fsp3) is 0.923. The number of amides is 1. The third kappa shape index (κ3) is 3.19. The van der Waals surface area contributed by atoms with E-state index in [2.05, 4.69) is 17.1 Å². The highest BCUT2D eigenvalue weighted by atomic mass is 16.1. The molecule has 0 aromatic heterocycles. The largest absolute Gasteiger partial charge is 0.370 e. The summed E-state index contributed by atoms with van der Waals surface area (Å²) in [4.78, 5) is 13.4. The quantitative estimate of drug-likeness (QED) is 0.722. The second kappa shape index (κ2) is 5.83. The molecule has 2 aliphatic rings. The Kier molecular flexibility index (Phi) is 4.40. The standard InChI is InChI=1S/C13H25N3O/c1-2-6-15-10-8-11-3-4-12(9-10)16(11)7-5-13(14)17/h10-12,15H,2-9H2,1H3,(H2,14,17). The molecule has 2 saturated heterocycles.